The average molecular weight is 319 g/mol. The molecule has 1 N–H and O–H groups in total. The summed E-state index contributed by atoms with van der Waals surface area (Å²) in [6, 6.07) is 4.04. The van der Waals surface area contributed by atoms with Crippen LogP contribution in [0.5, 0.6) is 0 Å². The maximum absolute atomic E-state index is 12.3. The van der Waals surface area contributed by atoms with E-state index in [1.54, 1.807) is 6.26 Å². The summed E-state index contributed by atoms with van der Waals surface area (Å²) >= 11 is 0. The van der Waals surface area contributed by atoms with Crippen molar-refractivity contribution in [1.29, 1.82) is 0 Å². The quantitative estimate of drug-likeness (QED) is 0.914. The highest BCUT2D eigenvalue weighted by molar-refractivity contribution is 5.74. The van der Waals surface area contributed by atoms with Crippen LogP contribution in [0.4, 0.5) is 4.79 Å². The van der Waals surface area contributed by atoms with Gasteiger partial charge < -0.3 is 19.4 Å². The van der Waals surface area contributed by atoms with Crippen molar-refractivity contribution in [2.75, 3.05) is 45.9 Å². The fraction of sp³-hybridized carbons (Fsp3) is 0.706. The molecule has 0 aliphatic carbocycles. The first kappa shape index (κ1) is 15.0. The molecule has 6 heteroatoms. The zero-order valence-electron chi connectivity index (χ0n) is 13.5. The predicted octanol–water partition coefficient (Wildman–Crippen LogP) is 1.53. The van der Waals surface area contributed by atoms with Crippen LogP contribution in [0.2, 0.25) is 0 Å². The molecule has 4 rings (SSSR count). The molecule has 2 atom stereocenters. The highest BCUT2D eigenvalue weighted by Gasteiger charge is 2.50. The summed E-state index contributed by atoms with van der Waals surface area (Å²) < 4.78 is 11.2. The molecule has 1 aromatic rings. The van der Waals surface area contributed by atoms with Crippen molar-refractivity contribution in [2.24, 2.45) is 11.3 Å². The third kappa shape index (κ3) is 2.97. The molecule has 0 spiro atoms. The summed E-state index contributed by atoms with van der Waals surface area (Å²) in [6.45, 7) is 6.85. The van der Waals surface area contributed by atoms with Crippen LogP contribution in [-0.4, -0.2) is 61.8 Å². The average Bonchev–Trinajstić information content (AvgIpc) is 3.29. The van der Waals surface area contributed by atoms with Crippen LogP contribution in [0.3, 0.4) is 0 Å². The predicted molar refractivity (Wildman–Crippen MR) is 84.9 cm³/mol. The third-order valence-electron chi connectivity index (χ3n) is 5.54. The van der Waals surface area contributed by atoms with Crippen molar-refractivity contribution in [1.82, 2.24) is 15.1 Å². The lowest BCUT2D eigenvalue weighted by Crippen LogP contribution is -2.47. The summed E-state index contributed by atoms with van der Waals surface area (Å²) in [5, 5.41) is 3.17. The van der Waals surface area contributed by atoms with Crippen LogP contribution in [0.15, 0.2) is 22.8 Å². The number of fused-ring (bicyclic) bond motifs is 1. The van der Waals surface area contributed by atoms with Gasteiger partial charge in [0.25, 0.3) is 0 Å². The number of amides is 2. The van der Waals surface area contributed by atoms with Gasteiger partial charge in [-0.1, -0.05) is 0 Å². The normalized spacial score (nSPS) is 30.8. The van der Waals surface area contributed by atoms with E-state index in [2.05, 4.69) is 10.2 Å². The van der Waals surface area contributed by atoms with E-state index in [-0.39, 0.29) is 11.4 Å². The molecule has 23 heavy (non-hydrogen) atoms. The number of urea groups is 1. The minimum Gasteiger partial charge on any atom is -0.468 e. The molecule has 0 aromatic carbocycles. The first-order valence-corrected chi connectivity index (χ1v) is 8.60. The van der Waals surface area contributed by atoms with Crippen molar-refractivity contribution in [3.05, 3.63) is 24.2 Å². The van der Waals surface area contributed by atoms with Crippen molar-refractivity contribution in [3.8, 4) is 0 Å². The molecule has 126 valence electrons. The Morgan fingerprint density at radius 3 is 3.04 bits per heavy atom. The third-order valence-corrected chi connectivity index (χ3v) is 5.54. The summed E-state index contributed by atoms with van der Waals surface area (Å²) in [4.78, 5) is 16.6. The van der Waals surface area contributed by atoms with Crippen LogP contribution in [0, 0.1) is 11.3 Å². The fourth-order valence-corrected chi connectivity index (χ4v) is 4.22. The number of hydrogen-bond acceptors (Lipinski definition) is 4. The molecule has 0 bridgehead atoms. The lowest BCUT2D eigenvalue weighted by molar-refractivity contribution is 0.123. The van der Waals surface area contributed by atoms with Gasteiger partial charge in [-0.3, -0.25) is 4.90 Å². The maximum Gasteiger partial charge on any atom is 0.317 e. The molecule has 3 aliphatic heterocycles. The minimum atomic E-state index is 0.0575. The van der Waals surface area contributed by atoms with Crippen LogP contribution < -0.4 is 5.32 Å². The van der Waals surface area contributed by atoms with Gasteiger partial charge in [0.2, 0.25) is 0 Å². The Morgan fingerprint density at radius 2 is 2.26 bits per heavy atom. The largest absolute Gasteiger partial charge is 0.468 e. The Labute approximate surface area is 136 Å². The Kier molecular flexibility index (Phi) is 4.03. The topological polar surface area (TPSA) is 58.0 Å². The number of nitrogens with one attached hydrogen (secondary N) is 1. The van der Waals surface area contributed by atoms with Gasteiger partial charge in [0, 0.05) is 44.1 Å². The first-order valence-electron chi connectivity index (χ1n) is 8.60. The number of likely N-dealkylation sites (tertiary alicyclic amines) is 2. The summed E-state index contributed by atoms with van der Waals surface area (Å²) in [6.07, 6.45) is 3.98. The van der Waals surface area contributed by atoms with E-state index in [1.807, 2.05) is 17.0 Å². The van der Waals surface area contributed by atoms with E-state index < -0.39 is 0 Å². The highest BCUT2D eigenvalue weighted by Crippen LogP contribution is 2.41. The van der Waals surface area contributed by atoms with Crippen molar-refractivity contribution in [2.45, 2.75) is 19.4 Å². The minimum absolute atomic E-state index is 0.0575. The molecule has 2 amide bonds. The SMILES string of the molecule is O=C(NC[C@@]12COC[C@@H]1CN(Cc1ccco1)C2)N1CCCC1. The molecule has 3 aliphatic rings. The van der Waals surface area contributed by atoms with Crippen LogP contribution >= 0.6 is 0 Å². The van der Waals surface area contributed by atoms with Crippen molar-refractivity contribution < 1.29 is 13.9 Å². The van der Waals surface area contributed by atoms with Crippen molar-refractivity contribution >= 4 is 6.03 Å². The van der Waals surface area contributed by atoms with Gasteiger partial charge >= 0.3 is 6.03 Å². The van der Waals surface area contributed by atoms with E-state index in [1.165, 1.54) is 0 Å². The van der Waals surface area contributed by atoms with E-state index in [9.17, 15) is 4.79 Å². The zero-order chi connectivity index (χ0) is 15.7. The lowest BCUT2D eigenvalue weighted by Gasteiger charge is -2.28. The van der Waals surface area contributed by atoms with E-state index in [0.717, 1.165) is 64.5 Å². The number of nitrogens with zero attached hydrogens (tertiary/aromatic N) is 2. The summed E-state index contributed by atoms with van der Waals surface area (Å²) in [5.41, 5.74) is 0.0575. The van der Waals surface area contributed by atoms with Gasteiger partial charge in [-0.2, -0.15) is 0 Å². The first-order chi connectivity index (χ1) is 11.3. The summed E-state index contributed by atoms with van der Waals surface area (Å²) in [5.74, 6) is 1.50. The van der Waals surface area contributed by atoms with E-state index in [4.69, 9.17) is 9.15 Å². The van der Waals surface area contributed by atoms with Gasteiger partial charge in [-0.25, -0.2) is 4.79 Å². The molecular formula is C17H25N3O3. The van der Waals surface area contributed by atoms with Crippen LogP contribution in [0.1, 0.15) is 18.6 Å². The lowest BCUT2D eigenvalue weighted by atomic mass is 9.81. The standard InChI is InChI=1S/C17H25N3O3/c21-16(20-5-1-2-6-20)18-11-17-12-19(8-14(17)10-22-13-17)9-15-4-3-7-23-15/h3-4,7,14H,1-2,5-6,8-13H2,(H,18,21)/t14-,17+/m0/s1. The van der Waals surface area contributed by atoms with Gasteiger partial charge in [0.15, 0.2) is 0 Å². The number of carbonyl (C=O) groups excluding carboxylic acids is 1. The van der Waals surface area contributed by atoms with Gasteiger partial charge in [-0.05, 0) is 25.0 Å². The second-order valence-electron chi connectivity index (χ2n) is 7.18. The number of furan rings is 1. The Bertz CT molecular complexity index is 541. The van der Waals surface area contributed by atoms with Gasteiger partial charge in [-0.15, -0.1) is 0 Å². The fourth-order valence-electron chi connectivity index (χ4n) is 4.22. The number of carbonyl (C=O) groups is 1. The Balaban J connectivity index is 1.36. The summed E-state index contributed by atoms with van der Waals surface area (Å²) in [7, 11) is 0. The zero-order valence-corrected chi connectivity index (χ0v) is 13.5. The molecule has 6 nitrogen and oxygen atoms in total. The van der Waals surface area contributed by atoms with Crippen molar-refractivity contribution in [3.63, 3.8) is 0 Å². The van der Waals surface area contributed by atoms with Crippen LogP contribution in [-0.2, 0) is 11.3 Å². The second-order valence-corrected chi connectivity index (χ2v) is 7.18. The molecule has 0 radical (unpaired) electrons. The van der Waals surface area contributed by atoms with Gasteiger partial charge in [0.05, 0.1) is 26.0 Å². The molecule has 3 fully saturated rings. The van der Waals surface area contributed by atoms with Crippen LogP contribution in [0.25, 0.3) is 0 Å². The van der Waals surface area contributed by atoms with E-state index in [0.29, 0.717) is 12.5 Å². The molecular weight excluding hydrogens is 294 g/mol. The maximum atomic E-state index is 12.3. The molecule has 1 aromatic heterocycles. The number of rotatable bonds is 4. The second kappa shape index (κ2) is 6.17. The monoisotopic (exact) mass is 319 g/mol. The molecule has 4 heterocycles. The Hall–Kier alpha value is -1.53. The number of hydrogen-bond donors (Lipinski definition) is 1. The highest BCUT2D eigenvalue weighted by atomic mass is 16.5. The molecule has 0 unspecified atom stereocenters. The Morgan fingerprint density at radius 1 is 1.39 bits per heavy atom. The van der Waals surface area contributed by atoms with Gasteiger partial charge in [0.1, 0.15) is 5.76 Å². The molecule has 3 saturated heterocycles. The smallest absolute Gasteiger partial charge is 0.317 e. The molecule has 0 saturated carbocycles. The number of ether oxygens (including phenoxy) is 1. The van der Waals surface area contributed by atoms with E-state index >= 15 is 0 Å².